The van der Waals surface area contributed by atoms with Gasteiger partial charge < -0.3 is 4.90 Å². The van der Waals surface area contributed by atoms with Crippen LogP contribution in [-0.2, 0) is 6.42 Å². The average Bonchev–Trinajstić information content (AvgIpc) is 2.39. The summed E-state index contributed by atoms with van der Waals surface area (Å²) in [7, 11) is 2.09. The molecule has 2 aromatic rings. The van der Waals surface area contributed by atoms with Gasteiger partial charge in [-0.3, -0.25) is 0 Å². The van der Waals surface area contributed by atoms with Crippen molar-refractivity contribution in [2.45, 2.75) is 19.8 Å². The Morgan fingerprint density at radius 1 is 1.21 bits per heavy atom. The summed E-state index contributed by atoms with van der Waals surface area (Å²) in [6.07, 6.45) is 4.14. The predicted octanol–water partition coefficient (Wildman–Crippen LogP) is 4.22. The Kier molecular flexibility index (Phi) is 4.97. The van der Waals surface area contributed by atoms with E-state index in [1.54, 1.807) is 0 Å². The van der Waals surface area contributed by atoms with Crippen molar-refractivity contribution in [2.24, 2.45) is 0 Å². The minimum Gasteiger partial charge on any atom is -0.359 e. The van der Waals surface area contributed by atoms with Crippen LogP contribution < -0.4 is 4.90 Å². The zero-order chi connectivity index (χ0) is 13.7. The third kappa shape index (κ3) is 4.06. The topological polar surface area (TPSA) is 16.1 Å². The molecule has 0 bridgehead atoms. The maximum atomic E-state index is 4.48. The first-order valence-electron chi connectivity index (χ1n) is 6.54. The van der Waals surface area contributed by atoms with Gasteiger partial charge in [-0.2, -0.15) is 0 Å². The molecular formula is C16H19BrN2. The van der Waals surface area contributed by atoms with Crippen LogP contribution in [0.1, 0.15) is 17.5 Å². The summed E-state index contributed by atoms with van der Waals surface area (Å²) >= 11 is 3.58. The highest BCUT2D eigenvalue weighted by molar-refractivity contribution is 9.10. The SMILES string of the molecule is Cc1cnc(N(C)CCCc2ccccc2)c(Br)c1. The first-order valence-corrected chi connectivity index (χ1v) is 7.33. The van der Waals surface area contributed by atoms with E-state index in [0.717, 1.165) is 29.7 Å². The zero-order valence-electron chi connectivity index (χ0n) is 11.4. The summed E-state index contributed by atoms with van der Waals surface area (Å²) in [5.41, 5.74) is 2.57. The highest BCUT2D eigenvalue weighted by atomic mass is 79.9. The van der Waals surface area contributed by atoms with E-state index in [-0.39, 0.29) is 0 Å². The number of rotatable bonds is 5. The van der Waals surface area contributed by atoms with Gasteiger partial charge in [0.1, 0.15) is 5.82 Å². The number of pyridine rings is 1. The molecule has 3 heteroatoms. The molecular weight excluding hydrogens is 300 g/mol. The number of aromatic nitrogens is 1. The predicted molar refractivity (Wildman–Crippen MR) is 84.7 cm³/mol. The van der Waals surface area contributed by atoms with Crippen LogP contribution in [-0.4, -0.2) is 18.6 Å². The van der Waals surface area contributed by atoms with Gasteiger partial charge in [-0.25, -0.2) is 4.98 Å². The monoisotopic (exact) mass is 318 g/mol. The molecule has 0 amide bonds. The summed E-state index contributed by atoms with van der Waals surface area (Å²) in [6, 6.07) is 12.7. The molecule has 0 radical (unpaired) electrons. The van der Waals surface area contributed by atoms with Crippen LogP contribution in [0.15, 0.2) is 47.1 Å². The second kappa shape index (κ2) is 6.71. The molecule has 0 aliphatic heterocycles. The standard InChI is InChI=1S/C16H19BrN2/c1-13-11-15(17)16(18-12-13)19(2)10-6-9-14-7-4-3-5-8-14/h3-5,7-8,11-12H,6,9-10H2,1-2H3. The Balaban J connectivity index is 1.89. The lowest BCUT2D eigenvalue weighted by Gasteiger charge is -2.19. The Bertz CT molecular complexity index is 526. The van der Waals surface area contributed by atoms with Crippen molar-refractivity contribution < 1.29 is 0 Å². The molecule has 0 unspecified atom stereocenters. The van der Waals surface area contributed by atoms with Crippen LogP contribution in [0, 0.1) is 6.92 Å². The van der Waals surface area contributed by atoms with Gasteiger partial charge in [0.15, 0.2) is 0 Å². The van der Waals surface area contributed by atoms with Crippen molar-refractivity contribution in [2.75, 3.05) is 18.5 Å². The van der Waals surface area contributed by atoms with Crippen LogP contribution in [0.4, 0.5) is 5.82 Å². The van der Waals surface area contributed by atoms with Crippen LogP contribution in [0.2, 0.25) is 0 Å². The third-order valence-electron chi connectivity index (χ3n) is 3.12. The van der Waals surface area contributed by atoms with E-state index in [9.17, 15) is 0 Å². The fraction of sp³-hybridized carbons (Fsp3) is 0.312. The van der Waals surface area contributed by atoms with Gasteiger partial charge in [0.05, 0.1) is 4.47 Å². The van der Waals surface area contributed by atoms with Crippen molar-refractivity contribution in [3.63, 3.8) is 0 Å². The normalized spacial score (nSPS) is 10.5. The van der Waals surface area contributed by atoms with Crippen molar-refractivity contribution in [3.8, 4) is 0 Å². The molecule has 0 spiro atoms. The first-order chi connectivity index (χ1) is 9.16. The Morgan fingerprint density at radius 2 is 1.95 bits per heavy atom. The average molecular weight is 319 g/mol. The van der Waals surface area contributed by atoms with E-state index in [1.165, 1.54) is 11.1 Å². The molecule has 0 fully saturated rings. The largest absolute Gasteiger partial charge is 0.359 e. The number of anilines is 1. The van der Waals surface area contributed by atoms with Gasteiger partial charge in [0.25, 0.3) is 0 Å². The number of hydrogen-bond acceptors (Lipinski definition) is 2. The van der Waals surface area contributed by atoms with Crippen molar-refractivity contribution in [1.82, 2.24) is 4.98 Å². The molecule has 0 saturated carbocycles. The molecule has 19 heavy (non-hydrogen) atoms. The minimum atomic E-state index is 1.00. The smallest absolute Gasteiger partial charge is 0.142 e. The van der Waals surface area contributed by atoms with Gasteiger partial charge in [0.2, 0.25) is 0 Å². The van der Waals surface area contributed by atoms with E-state index in [2.05, 4.69) is 76.2 Å². The number of hydrogen-bond donors (Lipinski definition) is 0. The second-order valence-corrected chi connectivity index (χ2v) is 5.68. The van der Waals surface area contributed by atoms with E-state index in [0.29, 0.717) is 0 Å². The molecule has 2 rings (SSSR count). The van der Waals surface area contributed by atoms with Gasteiger partial charge in [0, 0.05) is 19.8 Å². The maximum absolute atomic E-state index is 4.48. The van der Waals surface area contributed by atoms with E-state index >= 15 is 0 Å². The molecule has 1 heterocycles. The van der Waals surface area contributed by atoms with Crippen LogP contribution >= 0.6 is 15.9 Å². The highest BCUT2D eigenvalue weighted by Gasteiger charge is 2.07. The molecule has 1 aromatic heterocycles. The van der Waals surface area contributed by atoms with Crippen LogP contribution in [0.3, 0.4) is 0 Å². The summed E-state index contributed by atoms with van der Waals surface area (Å²) in [5, 5.41) is 0. The van der Waals surface area contributed by atoms with Crippen LogP contribution in [0.5, 0.6) is 0 Å². The number of aryl methyl sites for hydroxylation is 2. The third-order valence-corrected chi connectivity index (χ3v) is 3.71. The van der Waals surface area contributed by atoms with Gasteiger partial charge in [-0.15, -0.1) is 0 Å². The molecule has 0 atom stereocenters. The first kappa shape index (κ1) is 14.1. The Labute approximate surface area is 123 Å². The minimum absolute atomic E-state index is 1.00. The van der Waals surface area contributed by atoms with Crippen molar-refractivity contribution in [3.05, 3.63) is 58.2 Å². The molecule has 100 valence electrons. The summed E-state index contributed by atoms with van der Waals surface area (Å²) in [5.74, 6) is 1.01. The molecule has 2 nitrogen and oxygen atoms in total. The Hall–Kier alpha value is -1.35. The fourth-order valence-electron chi connectivity index (χ4n) is 2.08. The van der Waals surface area contributed by atoms with Crippen molar-refractivity contribution >= 4 is 21.7 Å². The van der Waals surface area contributed by atoms with E-state index in [4.69, 9.17) is 0 Å². The van der Waals surface area contributed by atoms with E-state index in [1.807, 2.05) is 6.20 Å². The van der Waals surface area contributed by atoms with Crippen LogP contribution in [0.25, 0.3) is 0 Å². The molecule has 0 saturated heterocycles. The molecule has 0 N–H and O–H groups in total. The summed E-state index contributed by atoms with van der Waals surface area (Å²) < 4.78 is 1.06. The maximum Gasteiger partial charge on any atom is 0.142 e. The number of halogens is 1. The number of nitrogens with zero attached hydrogens (tertiary/aromatic N) is 2. The Morgan fingerprint density at radius 3 is 2.63 bits per heavy atom. The lowest BCUT2D eigenvalue weighted by atomic mass is 10.1. The lowest BCUT2D eigenvalue weighted by Crippen LogP contribution is -2.20. The summed E-state index contributed by atoms with van der Waals surface area (Å²) in [6.45, 7) is 3.06. The highest BCUT2D eigenvalue weighted by Crippen LogP contribution is 2.23. The molecule has 0 aliphatic rings. The quantitative estimate of drug-likeness (QED) is 0.820. The zero-order valence-corrected chi connectivity index (χ0v) is 13.0. The van der Waals surface area contributed by atoms with Gasteiger partial charge in [-0.05, 0) is 52.9 Å². The van der Waals surface area contributed by atoms with Gasteiger partial charge in [-0.1, -0.05) is 30.3 Å². The molecule has 1 aromatic carbocycles. The summed E-state index contributed by atoms with van der Waals surface area (Å²) in [4.78, 5) is 6.68. The van der Waals surface area contributed by atoms with Crippen molar-refractivity contribution in [1.29, 1.82) is 0 Å². The second-order valence-electron chi connectivity index (χ2n) is 4.83. The van der Waals surface area contributed by atoms with Gasteiger partial charge >= 0.3 is 0 Å². The van der Waals surface area contributed by atoms with E-state index < -0.39 is 0 Å². The number of benzene rings is 1. The lowest BCUT2D eigenvalue weighted by molar-refractivity contribution is 0.775. The fourth-order valence-corrected chi connectivity index (χ4v) is 2.84. The molecule has 0 aliphatic carbocycles.